The number of halogens is 1. The lowest BCUT2D eigenvalue weighted by Gasteiger charge is -2.18. The van der Waals surface area contributed by atoms with Crippen LogP contribution in [0.4, 0.5) is 5.69 Å². The number of amides is 1. The number of sulfonamides is 1. The molecule has 1 amide bonds. The highest BCUT2D eigenvalue weighted by atomic mass is 35.7. The fourth-order valence-electron chi connectivity index (χ4n) is 2.58. The van der Waals surface area contributed by atoms with Gasteiger partial charge in [-0.3, -0.25) is 4.79 Å². The van der Waals surface area contributed by atoms with Gasteiger partial charge in [0.15, 0.2) is 0 Å². The Labute approximate surface area is 148 Å². The minimum Gasteiger partial charge on any atom is -0.305 e. The van der Waals surface area contributed by atoms with E-state index >= 15 is 0 Å². The maximum absolute atomic E-state index is 12.7. The molecule has 25 heavy (non-hydrogen) atoms. The van der Waals surface area contributed by atoms with E-state index < -0.39 is 25.0 Å². The first-order chi connectivity index (χ1) is 11.6. The number of carbonyl (C=O) groups is 1. The topological polar surface area (TPSA) is 118 Å². The van der Waals surface area contributed by atoms with Crippen LogP contribution >= 0.6 is 10.7 Å². The summed E-state index contributed by atoms with van der Waals surface area (Å²) in [6, 6.07) is 4.23. The molecule has 0 spiro atoms. The van der Waals surface area contributed by atoms with Crippen molar-refractivity contribution < 1.29 is 21.6 Å². The third-order valence-electron chi connectivity index (χ3n) is 3.57. The molecule has 2 aromatic rings. The number of aromatic nitrogens is 2. The van der Waals surface area contributed by atoms with Crippen LogP contribution in [0.25, 0.3) is 0 Å². The van der Waals surface area contributed by atoms with Crippen LogP contribution in [-0.2, 0) is 25.5 Å². The highest BCUT2D eigenvalue weighted by Crippen LogP contribution is 2.32. The Morgan fingerprint density at radius 1 is 1.28 bits per heavy atom. The number of benzene rings is 1. The number of nitrogens with one attached hydrogen (secondary N) is 1. The van der Waals surface area contributed by atoms with Gasteiger partial charge in [0.2, 0.25) is 15.8 Å². The van der Waals surface area contributed by atoms with Crippen LogP contribution in [0.15, 0.2) is 35.5 Å². The normalized spacial score (nSPS) is 14.4. The summed E-state index contributed by atoms with van der Waals surface area (Å²) in [5.74, 6) is -0.617. The maximum atomic E-state index is 12.7. The molecule has 0 fully saturated rings. The van der Waals surface area contributed by atoms with Gasteiger partial charge in [0.05, 0.1) is 11.2 Å². The third kappa shape index (κ3) is 3.62. The maximum Gasteiger partial charge on any atom is 0.296 e. The second-order valence-corrected chi connectivity index (χ2v) is 9.71. The number of nitrogens with zero attached hydrogens (tertiary/aromatic N) is 3. The molecule has 3 rings (SSSR count). The average molecular weight is 405 g/mol. The molecular formula is C13H13ClN4O5S2. The summed E-state index contributed by atoms with van der Waals surface area (Å²) in [4.78, 5) is 20.2. The first-order valence-electron chi connectivity index (χ1n) is 6.97. The standard InChI is InChI=1S/C13H13ClN4O5S2/c1-24(20,21)16-18-7-5-15-12(18)13(19)17-6-4-9-8-10(25(14,22)23)2-3-11(9)17/h2-3,5,7-8,16H,4,6H2,1H3. The fourth-order valence-corrected chi connectivity index (χ4v) is 3.88. The summed E-state index contributed by atoms with van der Waals surface area (Å²) in [6.45, 7) is 0.311. The summed E-state index contributed by atoms with van der Waals surface area (Å²) in [5, 5.41) is 0. The zero-order chi connectivity index (χ0) is 18.4. The first kappa shape index (κ1) is 17.7. The number of anilines is 1. The summed E-state index contributed by atoms with van der Waals surface area (Å²) >= 11 is 0. The van der Waals surface area contributed by atoms with Crippen molar-refractivity contribution >= 4 is 41.4 Å². The SMILES string of the molecule is CS(=O)(=O)Nn1ccnc1C(=O)N1CCc2cc(S(=O)(=O)Cl)ccc21. The Morgan fingerprint density at radius 2 is 2.00 bits per heavy atom. The second-order valence-electron chi connectivity index (χ2n) is 5.42. The first-order valence-corrected chi connectivity index (χ1v) is 11.2. The molecule has 0 bridgehead atoms. The molecule has 1 aromatic carbocycles. The zero-order valence-electron chi connectivity index (χ0n) is 12.9. The quantitative estimate of drug-likeness (QED) is 0.742. The minimum absolute atomic E-state index is 0.0394. The molecule has 0 saturated carbocycles. The van der Waals surface area contributed by atoms with Gasteiger partial charge in [-0.05, 0) is 30.2 Å². The van der Waals surface area contributed by atoms with E-state index in [1.165, 1.54) is 35.5 Å². The summed E-state index contributed by atoms with van der Waals surface area (Å²) in [7, 11) is -2.11. The van der Waals surface area contributed by atoms with Gasteiger partial charge >= 0.3 is 0 Å². The number of fused-ring (bicyclic) bond motifs is 1. The molecule has 0 aliphatic carbocycles. The van der Waals surface area contributed by atoms with Crippen molar-refractivity contribution in [1.82, 2.24) is 9.66 Å². The Bertz CT molecular complexity index is 1060. The zero-order valence-corrected chi connectivity index (χ0v) is 15.3. The Morgan fingerprint density at radius 3 is 2.64 bits per heavy atom. The van der Waals surface area contributed by atoms with Crippen molar-refractivity contribution in [2.75, 3.05) is 22.5 Å². The lowest BCUT2D eigenvalue weighted by atomic mass is 10.2. The highest BCUT2D eigenvalue weighted by Gasteiger charge is 2.29. The van der Waals surface area contributed by atoms with E-state index in [0.29, 0.717) is 24.2 Å². The van der Waals surface area contributed by atoms with Crippen LogP contribution in [-0.4, -0.2) is 45.2 Å². The van der Waals surface area contributed by atoms with Gasteiger partial charge in [-0.15, -0.1) is 0 Å². The smallest absolute Gasteiger partial charge is 0.296 e. The lowest BCUT2D eigenvalue weighted by Crippen LogP contribution is -2.34. The number of imidazole rings is 1. The molecule has 0 saturated heterocycles. The summed E-state index contributed by atoms with van der Waals surface area (Å²) < 4.78 is 46.6. The van der Waals surface area contributed by atoms with Crippen LogP contribution < -0.4 is 9.73 Å². The van der Waals surface area contributed by atoms with Crippen LogP contribution in [0.2, 0.25) is 0 Å². The third-order valence-corrected chi connectivity index (χ3v) is 5.45. The van der Waals surface area contributed by atoms with E-state index in [9.17, 15) is 21.6 Å². The molecule has 0 radical (unpaired) electrons. The van der Waals surface area contributed by atoms with Crippen molar-refractivity contribution in [1.29, 1.82) is 0 Å². The molecule has 1 aliphatic heterocycles. The van der Waals surface area contributed by atoms with Gasteiger partial charge in [0.25, 0.3) is 15.0 Å². The van der Waals surface area contributed by atoms with Gasteiger partial charge in [-0.2, -0.15) is 0 Å². The van der Waals surface area contributed by atoms with E-state index in [2.05, 4.69) is 9.82 Å². The molecule has 1 aromatic heterocycles. The number of rotatable bonds is 4. The lowest BCUT2D eigenvalue weighted by molar-refractivity contribution is 0.0977. The number of hydrogen-bond donors (Lipinski definition) is 1. The van der Waals surface area contributed by atoms with E-state index in [4.69, 9.17) is 10.7 Å². The van der Waals surface area contributed by atoms with E-state index in [0.717, 1.165) is 10.9 Å². The van der Waals surface area contributed by atoms with Crippen LogP contribution in [0, 0.1) is 0 Å². The Hall–Kier alpha value is -2.11. The van der Waals surface area contributed by atoms with E-state index in [1.54, 1.807) is 0 Å². The second kappa shape index (κ2) is 6.00. The number of hydrogen-bond acceptors (Lipinski definition) is 6. The summed E-state index contributed by atoms with van der Waals surface area (Å²) in [6.07, 6.45) is 4.02. The van der Waals surface area contributed by atoms with Gasteiger partial charge < -0.3 is 4.90 Å². The molecule has 1 aliphatic rings. The van der Waals surface area contributed by atoms with Crippen LogP contribution in [0.3, 0.4) is 0 Å². The molecule has 9 nitrogen and oxygen atoms in total. The van der Waals surface area contributed by atoms with Crippen molar-refractivity contribution in [3.05, 3.63) is 42.0 Å². The van der Waals surface area contributed by atoms with Crippen molar-refractivity contribution in [3.63, 3.8) is 0 Å². The average Bonchev–Trinajstić information content (AvgIpc) is 3.09. The van der Waals surface area contributed by atoms with Gasteiger partial charge in [0.1, 0.15) is 0 Å². The number of carbonyl (C=O) groups excluding carboxylic acids is 1. The molecule has 1 N–H and O–H groups in total. The van der Waals surface area contributed by atoms with E-state index in [1.807, 2.05) is 0 Å². The largest absolute Gasteiger partial charge is 0.305 e. The Kier molecular flexibility index (Phi) is 4.25. The minimum atomic E-state index is -3.86. The van der Waals surface area contributed by atoms with Gasteiger partial charge in [-0.25, -0.2) is 31.3 Å². The summed E-state index contributed by atoms with van der Waals surface area (Å²) in [5.41, 5.74) is 1.19. The van der Waals surface area contributed by atoms with Crippen LogP contribution in [0.1, 0.15) is 16.2 Å². The predicted octanol–water partition coefficient (Wildman–Crippen LogP) is 0.517. The Balaban J connectivity index is 1.94. The molecular weight excluding hydrogens is 392 g/mol. The molecule has 0 unspecified atom stereocenters. The molecule has 134 valence electrons. The van der Waals surface area contributed by atoms with Crippen molar-refractivity contribution in [3.8, 4) is 0 Å². The fraction of sp³-hybridized carbons (Fsp3) is 0.231. The van der Waals surface area contributed by atoms with Crippen molar-refractivity contribution in [2.24, 2.45) is 0 Å². The van der Waals surface area contributed by atoms with Crippen molar-refractivity contribution in [2.45, 2.75) is 11.3 Å². The molecule has 2 heterocycles. The molecule has 0 atom stereocenters. The van der Waals surface area contributed by atoms with Crippen LogP contribution in [0.5, 0.6) is 0 Å². The predicted molar refractivity (Wildman–Crippen MR) is 91.3 cm³/mol. The monoisotopic (exact) mass is 404 g/mol. The van der Waals surface area contributed by atoms with Gasteiger partial charge in [0, 0.05) is 35.3 Å². The highest BCUT2D eigenvalue weighted by molar-refractivity contribution is 8.13. The van der Waals surface area contributed by atoms with Gasteiger partial charge in [-0.1, -0.05) is 0 Å². The van der Waals surface area contributed by atoms with E-state index in [-0.39, 0.29) is 10.7 Å². The molecule has 12 heteroatoms.